The van der Waals surface area contributed by atoms with Crippen molar-refractivity contribution in [1.82, 2.24) is 0 Å². The summed E-state index contributed by atoms with van der Waals surface area (Å²) in [5.41, 5.74) is -5.37. The van der Waals surface area contributed by atoms with Crippen molar-refractivity contribution in [2.45, 2.75) is 10.4 Å². The van der Waals surface area contributed by atoms with Gasteiger partial charge in [0.15, 0.2) is 0 Å². The number of thioether (sulfide) groups is 1. The minimum Gasteiger partial charge on any atom is -0.322 e. The van der Waals surface area contributed by atoms with Crippen molar-refractivity contribution < 1.29 is 26.7 Å². The van der Waals surface area contributed by atoms with E-state index in [1.54, 1.807) is 6.07 Å². The first kappa shape index (κ1) is 17.7. The molecule has 0 aliphatic rings. The van der Waals surface area contributed by atoms with E-state index in [2.05, 4.69) is 5.32 Å². The van der Waals surface area contributed by atoms with Crippen LogP contribution in [-0.2, 0) is 0 Å². The SMILES string of the molecule is N#Cc1ccc(SC(F)(F)F)c(C(=O)Nc2cc(F)cc(F)c2)c1. The van der Waals surface area contributed by atoms with Gasteiger partial charge in [0, 0.05) is 16.6 Å². The first-order valence-electron chi connectivity index (χ1n) is 6.25. The lowest BCUT2D eigenvalue weighted by molar-refractivity contribution is -0.0328. The Morgan fingerprint density at radius 2 is 1.71 bits per heavy atom. The third kappa shape index (κ3) is 4.70. The van der Waals surface area contributed by atoms with E-state index in [0.717, 1.165) is 30.3 Å². The normalized spacial score (nSPS) is 11.0. The van der Waals surface area contributed by atoms with Gasteiger partial charge in [-0.1, -0.05) is 0 Å². The molecule has 0 atom stereocenters. The smallest absolute Gasteiger partial charge is 0.322 e. The molecule has 124 valence electrons. The highest BCUT2D eigenvalue weighted by molar-refractivity contribution is 8.00. The van der Waals surface area contributed by atoms with E-state index >= 15 is 0 Å². The van der Waals surface area contributed by atoms with E-state index in [1.165, 1.54) is 0 Å². The van der Waals surface area contributed by atoms with Gasteiger partial charge in [0.05, 0.1) is 17.2 Å². The molecule has 9 heteroatoms. The third-order valence-corrected chi connectivity index (χ3v) is 3.51. The van der Waals surface area contributed by atoms with Crippen molar-refractivity contribution in [3.05, 3.63) is 59.2 Å². The Balaban J connectivity index is 2.38. The summed E-state index contributed by atoms with van der Waals surface area (Å²) >= 11 is -0.527. The Morgan fingerprint density at radius 3 is 2.25 bits per heavy atom. The zero-order valence-electron chi connectivity index (χ0n) is 11.6. The summed E-state index contributed by atoms with van der Waals surface area (Å²) in [6.07, 6.45) is 0. The number of anilines is 1. The molecule has 0 aliphatic carbocycles. The van der Waals surface area contributed by atoms with Crippen molar-refractivity contribution in [2.75, 3.05) is 5.32 Å². The lowest BCUT2D eigenvalue weighted by atomic mass is 10.1. The van der Waals surface area contributed by atoms with Crippen LogP contribution in [0.25, 0.3) is 0 Å². The average molecular weight is 358 g/mol. The molecule has 0 saturated heterocycles. The summed E-state index contributed by atoms with van der Waals surface area (Å²) < 4.78 is 63.9. The van der Waals surface area contributed by atoms with Gasteiger partial charge in [0.2, 0.25) is 0 Å². The number of benzene rings is 2. The second kappa shape index (κ2) is 6.88. The molecule has 2 aromatic rings. The lowest BCUT2D eigenvalue weighted by Gasteiger charge is -2.12. The van der Waals surface area contributed by atoms with E-state index in [-0.39, 0.29) is 11.3 Å². The molecular weight excluding hydrogens is 351 g/mol. The first-order chi connectivity index (χ1) is 11.2. The highest BCUT2D eigenvalue weighted by Crippen LogP contribution is 2.39. The van der Waals surface area contributed by atoms with E-state index in [0.29, 0.717) is 6.07 Å². The van der Waals surface area contributed by atoms with Crippen LogP contribution in [-0.4, -0.2) is 11.4 Å². The van der Waals surface area contributed by atoms with Gasteiger partial charge in [-0.3, -0.25) is 4.79 Å². The fraction of sp³-hybridized carbons (Fsp3) is 0.0667. The van der Waals surface area contributed by atoms with Gasteiger partial charge < -0.3 is 5.32 Å². The van der Waals surface area contributed by atoms with Crippen LogP contribution in [0.4, 0.5) is 27.6 Å². The van der Waals surface area contributed by atoms with Crippen molar-refractivity contribution in [1.29, 1.82) is 5.26 Å². The molecule has 0 unspecified atom stereocenters. The topological polar surface area (TPSA) is 52.9 Å². The maximum Gasteiger partial charge on any atom is 0.446 e. The lowest BCUT2D eigenvalue weighted by Crippen LogP contribution is -2.14. The molecule has 0 aromatic heterocycles. The number of hydrogen-bond donors (Lipinski definition) is 1. The summed E-state index contributed by atoms with van der Waals surface area (Å²) in [6.45, 7) is 0. The zero-order chi connectivity index (χ0) is 17.9. The number of carbonyl (C=O) groups is 1. The van der Waals surface area contributed by atoms with Crippen LogP contribution >= 0.6 is 11.8 Å². The van der Waals surface area contributed by atoms with Crippen LogP contribution < -0.4 is 5.32 Å². The second-order valence-electron chi connectivity index (χ2n) is 4.48. The minimum atomic E-state index is -4.64. The third-order valence-electron chi connectivity index (χ3n) is 2.70. The van der Waals surface area contributed by atoms with Crippen molar-refractivity contribution in [3.8, 4) is 6.07 Å². The van der Waals surface area contributed by atoms with Crippen LogP contribution in [0.2, 0.25) is 0 Å². The maximum atomic E-state index is 13.1. The summed E-state index contributed by atoms with van der Waals surface area (Å²) in [6, 6.07) is 6.99. The summed E-state index contributed by atoms with van der Waals surface area (Å²) in [7, 11) is 0. The number of nitrogens with zero attached hydrogens (tertiary/aromatic N) is 1. The molecule has 0 spiro atoms. The predicted octanol–water partition coefficient (Wildman–Crippen LogP) is 4.70. The van der Waals surface area contributed by atoms with Gasteiger partial charge in [-0.25, -0.2) is 8.78 Å². The Morgan fingerprint density at radius 1 is 1.08 bits per heavy atom. The quantitative estimate of drug-likeness (QED) is 0.639. The first-order valence-corrected chi connectivity index (χ1v) is 7.07. The summed E-state index contributed by atoms with van der Waals surface area (Å²) in [5, 5.41) is 10.9. The number of halogens is 5. The van der Waals surface area contributed by atoms with E-state index < -0.39 is 45.3 Å². The second-order valence-corrected chi connectivity index (χ2v) is 5.59. The molecule has 1 N–H and O–H groups in total. The molecule has 0 aliphatic heterocycles. The average Bonchev–Trinajstić information content (AvgIpc) is 2.44. The number of nitriles is 1. The van der Waals surface area contributed by atoms with E-state index in [9.17, 15) is 26.7 Å². The van der Waals surface area contributed by atoms with Gasteiger partial charge in [-0.2, -0.15) is 18.4 Å². The van der Waals surface area contributed by atoms with Gasteiger partial charge in [-0.15, -0.1) is 0 Å². The Kier molecular flexibility index (Phi) is 5.09. The highest BCUT2D eigenvalue weighted by atomic mass is 32.2. The molecule has 2 rings (SSSR count). The van der Waals surface area contributed by atoms with Crippen LogP contribution in [0.5, 0.6) is 0 Å². The summed E-state index contributed by atoms with van der Waals surface area (Å²) in [4.78, 5) is 11.7. The number of rotatable bonds is 3. The molecule has 24 heavy (non-hydrogen) atoms. The number of amides is 1. The van der Waals surface area contributed by atoms with Crippen LogP contribution in [0, 0.1) is 23.0 Å². The van der Waals surface area contributed by atoms with Crippen molar-refractivity contribution >= 4 is 23.4 Å². The Bertz CT molecular complexity index is 809. The van der Waals surface area contributed by atoms with Gasteiger partial charge in [-0.05, 0) is 42.1 Å². The molecule has 2 aromatic carbocycles. The van der Waals surface area contributed by atoms with Crippen LogP contribution in [0.3, 0.4) is 0 Å². The molecule has 0 heterocycles. The molecule has 3 nitrogen and oxygen atoms in total. The fourth-order valence-corrected chi connectivity index (χ4v) is 2.46. The summed E-state index contributed by atoms with van der Waals surface area (Å²) in [5.74, 6) is -2.94. The molecule has 0 radical (unpaired) electrons. The van der Waals surface area contributed by atoms with Crippen LogP contribution in [0.15, 0.2) is 41.3 Å². The highest BCUT2D eigenvalue weighted by Gasteiger charge is 2.31. The van der Waals surface area contributed by atoms with Crippen molar-refractivity contribution in [2.24, 2.45) is 0 Å². The molecule has 0 fully saturated rings. The standard InChI is InChI=1S/C15H7F5N2OS/c16-9-4-10(17)6-11(5-9)22-14(23)12-3-8(7-21)1-2-13(12)24-15(18,19)20/h1-6H,(H,22,23). The monoisotopic (exact) mass is 358 g/mol. The zero-order valence-corrected chi connectivity index (χ0v) is 12.4. The van der Waals surface area contributed by atoms with Crippen molar-refractivity contribution in [3.63, 3.8) is 0 Å². The fourth-order valence-electron chi connectivity index (χ4n) is 1.82. The van der Waals surface area contributed by atoms with Gasteiger partial charge in [0.1, 0.15) is 11.6 Å². The van der Waals surface area contributed by atoms with Gasteiger partial charge in [0.25, 0.3) is 5.91 Å². The molecule has 1 amide bonds. The van der Waals surface area contributed by atoms with Gasteiger partial charge >= 0.3 is 5.51 Å². The Labute approximate surface area is 137 Å². The number of alkyl halides is 3. The van der Waals surface area contributed by atoms with E-state index in [1.807, 2.05) is 0 Å². The molecule has 0 saturated carbocycles. The molecular formula is C15H7F5N2OS. The molecule has 0 bridgehead atoms. The predicted molar refractivity (Wildman–Crippen MR) is 77.4 cm³/mol. The maximum absolute atomic E-state index is 13.1. The number of hydrogen-bond acceptors (Lipinski definition) is 3. The number of carbonyl (C=O) groups excluding carboxylic acids is 1. The number of nitrogens with one attached hydrogen (secondary N) is 1. The largest absolute Gasteiger partial charge is 0.446 e. The van der Waals surface area contributed by atoms with E-state index in [4.69, 9.17) is 5.26 Å². The van der Waals surface area contributed by atoms with Crippen LogP contribution in [0.1, 0.15) is 15.9 Å². The Hall–Kier alpha value is -2.60. The minimum absolute atomic E-state index is 0.0305.